The molecule has 0 aromatic heterocycles. The lowest BCUT2D eigenvalue weighted by Crippen LogP contribution is -2.48. The summed E-state index contributed by atoms with van der Waals surface area (Å²) in [7, 11) is 0. The largest absolute Gasteiger partial charge is 0.481 e. The smallest absolute Gasteiger partial charge is 0.308 e. The number of hydrogen-bond acceptors (Lipinski definition) is 4. The molecule has 26 heavy (non-hydrogen) atoms. The van der Waals surface area contributed by atoms with Gasteiger partial charge in [-0.25, -0.2) is 0 Å². The van der Waals surface area contributed by atoms with Crippen molar-refractivity contribution in [3.05, 3.63) is 12.2 Å². The highest BCUT2D eigenvalue weighted by Crippen LogP contribution is 2.34. The molecule has 1 N–H and O–H groups in total. The van der Waals surface area contributed by atoms with E-state index in [9.17, 15) is 14.7 Å². The molecule has 6 nitrogen and oxygen atoms in total. The van der Waals surface area contributed by atoms with Crippen LogP contribution in [-0.2, 0) is 14.3 Å². The maximum atomic E-state index is 13.0. The first kappa shape index (κ1) is 20.9. The molecule has 2 fully saturated rings. The van der Waals surface area contributed by atoms with Crippen LogP contribution in [0.2, 0.25) is 0 Å². The zero-order valence-electron chi connectivity index (χ0n) is 16.7. The lowest BCUT2D eigenvalue weighted by Gasteiger charge is -2.41. The van der Waals surface area contributed by atoms with Gasteiger partial charge in [0, 0.05) is 38.3 Å². The van der Waals surface area contributed by atoms with Crippen LogP contribution in [0.15, 0.2) is 12.2 Å². The zero-order chi connectivity index (χ0) is 19.5. The maximum Gasteiger partial charge on any atom is 0.308 e. The molecule has 2 heterocycles. The number of carbonyl (C=O) groups is 2. The molecule has 2 aliphatic heterocycles. The topological polar surface area (TPSA) is 70.1 Å². The molecule has 1 amide bonds. The lowest BCUT2D eigenvalue weighted by atomic mass is 9.75. The second-order valence-corrected chi connectivity index (χ2v) is 8.71. The molecule has 0 saturated carbocycles. The first-order valence-corrected chi connectivity index (χ1v) is 9.62. The first-order valence-electron chi connectivity index (χ1n) is 9.62. The number of rotatable bonds is 6. The van der Waals surface area contributed by atoms with Crippen LogP contribution in [0.3, 0.4) is 0 Å². The number of hydrogen-bond donors (Lipinski definition) is 1. The molecule has 3 atom stereocenters. The number of nitrogens with zero attached hydrogens (tertiary/aromatic N) is 2. The predicted molar refractivity (Wildman–Crippen MR) is 101 cm³/mol. The van der Waals surface area contributed by atoms with Crippen LogP contribution in [-0.4, -0.2) is 72.7 Å². The minimum atomic E-state index is -0.819. The van der Waals surface area contributed by atoms with Crippen LogP contribution >= 0.6 is 0 Å². The van der Waals surface area contributed by atoms with Crippen LogP contribution in [0.25, 0.3) is 0 Å². The number of morpholine rings is 1. The number of amides is 1. The van der Waals surface area contributed by atoms with Gasteiger partial charge in [0.2, 0.25) is 5.91 Å². The van der Waals surface area contributed by atoms with E-state index in [0.29, 0.717) is 18.5 Å². The third-order valence-electron chi connectivity index (χ3n) is 6.00. The van der Waals surface area contributed by atoms with E-state index in [2.05, 4.69) is 32.3 Å². The van der Waals surface area contributed by atoms with E-state index >= 15 is 0 Å². The quantitative estimate of drug-likeness (QED) is 0.729. The van der Waals surface area contributed by atoms with Crippen molar-refractivity contribution in [2.75, 3.05) is 45.9 Å². The molecule has 0 spiro atoms. The van der Waals surface area contributed by atoms with Crippen LogP contribution in [0.1, 0.15) is 34.1 Å². The molecule has 6 heteroatoms. The Labute approximate surface area is 157 Å². The normalized spacial score (nSPS) is 26.4. The molecule has 0 aliphatic carbocycles. The Morgan fingerprint density at radius 1 is 1.27 bits per heavy atom. The van der Waals surface area contributed by atoms with Gasteiger partial charge in [-0.3, -0.25) is 14.5 Å². The van der Waals surface area contributed by atoms with Gasteiger partial charge < -0.3 is 14.7 Å². The molecule has 148 valence electrons. The van der Waals surface area contributed by atoms with Gasteiger partial charge >= 0.3 is 5.97 Å². The number of carboxylic acid groups (broad SMARTS) is 1. The van der Waals surface area contributed by atoms with Crippen molar-refractivity contribution in [2.24, 2.45) is 23.2 Å². The lowest BCUT2D eigenvalue weighted by molar-refractivity contribution is -0.146. The Hall–Kier alpha value is -1.40. The van der Waals surface area contributed by atoms with Crippen molar-refractivity contribution in [3.63, 3.8) is 0 Å². The van der Waals surface area contributed by atoms with Gasteiger partial charge in [0.15, 0.2) is 0 Å². The summed E-state index contributed by atoms with van der Waals surface area (Å²) in [6.45, 7) is 17.6. The number of likely N-dealkylation sites (tertiary alicyclic amines) is 1. The van der Waals surface area contributed by atoms with Gasteiger partial charge in [0.25, 0.3) is 0 Å². The Balaban J connectivity index is 2.01. The standard InChI is InChI=1S/C20H34N2O4/c1-14-10-17(19(24)25)12-22(11-14)18(23)15(2)16(3)20(4,5)13-21-6-8-26-9-7-21/h14,16-17H,2,6-13H2,1,3-5H3,(H,24,25). The molecule has 3 unspecified atom stereocenters. The van der Waals surface area contributed by atoms with Crippen LogP contribution in [0.5, 0.6) is 0 Å². The van der Waals surface area contributed by atoms with Crippen LogP contribution in [0, 0.1) is 23.2 Å². The highest BCUT2D eigenvalue weighted by molar-refractivity contribution is 5.93. The first-order chi connectivity index (χ1) is 12.1. The molecule has 0 bridgehead atoms. The van der Waals surface area contributed by atoms with Crippen molar-refractivity contribution in [1.82, 2.24) is 9.80 Å². The van der Waals surface area contributed by atoms with Gasteiger partial charge in [-0.1, -0.05) is 34.3 Å². The third-order valence-corrected chi connectivity index (χ3v) is 6.00. The summed E-state index contributed by atoms with van der Waals surface area (Å²) in [5.41, 5.74) is 0.485. The molecule has 2 saturated heterocycles. The molecular weight excluding hydrogens is 332 g/mol. The van der Waals surface area contributed by atoms with Crippen molar-refractivity contribution < 1.29 is 19.4 Å². The highest BCUT2D eigenvalue weighted by atomic mass is 16.5. The maximum absolute atomic E-state index is 13.0. The number of ether oxygens (including phenoxy) is 1. The summed E-state index contributed by atoms with van der Waals surface area (Å²) in [6, 6.07) is 0. The van der Waals surface area contributed by atoms with Gasteiger partial charge in [-0.05, 0) is 23.7 Å². The average molecular weight is 367 g/mol. The summed E-state index contributed by atoms with van der Waals surface area (Å²) in [5.74, 6) is -1.19. The van der Waals surface area contributed by atoms with Gasteiger partial charge in [0.05, 0.1) is 19.1 Å². The summed E-state index contributed by atoms with van der Waals surface area (Å²) >= 11 is 0. The van der Waals surface area contributed by atoms with Gasteiger partial charge in [-0.2, -0.15) is 0 Å². The minimum Gasteiger partial charge on any atom is -0.481 e. The number of carbonyl (C=O) groups excluding carboxylic acids is 1. The van der Waals surface area contributed by atoms with E-state index in [1.165, 1.54) is 0 Å². The van der Waals surface area contributed by atoms with E-state index in [1.807, 2.05) is 6.92 Å². The highest BCUT2D eigenvalue weighted by Gasteiger charge is 2.37. The predicted octanol–water partition coefficient (Wildman–Crippen LogP) is 2.11. The molecule has 2 aliphatic rings. The van der Waals surface area contributed by atoms with Crippen molar-refractivity contribution >= 4 is 11.9 Å². The second-order valence-electron chi connectivity index (χ2n) is 8.71. The van der Waals surface area contributed by atoms with Crippen molar-refractivity contribution in [3.8, 4) is 0 Å². The van der Waals surface area contributed by atoms with Crippen LogP contribution in [0.4, 0.5) is 0 Å². The monoisotopic (exact) mass is 366 g/mol. The van der Waals surface area contributed by atoms with Crippen molar-refractivity contribution in [2.45, 2.75) is 34.1 Å². The Morgan fingerprint density at radius 2 is 1.88 bits per heavy atom. The fraction of sp³-hybridized carbons (Fsp3) is 0.800. The molecule has 0 radical (unpaired) electrons. The van der Waals surface area contributed by atoms with E-state index in [-0.39, 0.29) is 29.7 Å². The number of piperidine rings is 1. The number of aliphatic carboxylic acids is 1. The van der Waals surface area contributed by atoms with Crippen LogP contribution < -0.4 is 0 Å². The van der Waals surface area contributed by atoms with Gasteiger partial charge in [-0.15, -0.1) is 0 Å². The minimum absolute atomic E-state index is 0.0124. The Bertz CT molecular complexity index is 540. The van der Waals surface area contributed by atoms with E-state index in [4.69, 9.17) is 4.74 Å². The van der Waals surface area contributed by atoms with Crippen molar-refractivity contribution in [1.29, 1.82) is 0 Å². The fourth-order valence-corrected chi connectivity index (χ4v) is 4.03. The summed E-state index contributed by atoms with van der Waals surface area (Å²) in [5, 5.41) is 9.34. The molecule has 0 aromatic rings. The third kappa shape index (κ3) is 5.07. The number of carboxylic acids is 1. The Morgan fingerprint density at radius 3 is 2.46 bits per heavy atom. The van der Waals surface area contributed by atoms with E-state index in [1.54, 1.807) is 4.90 Å². The molecular formula is C20H34N2O4. The van der Waals surface area contributed by atoms with E-state index in [0.717, 1.165) is 32.8 Å². The molecule has 2 rings (SSSR count). The Kier molecular flexibility index (Phi) is 6.86. The summed E-state index contributed by atoms with van der Waals surface area (Å²) in [4.78, 5) is 28.4. The summed E-state index contributed by atoms with van der Waals surface area (Å²) < 4.78 is 5.41. The average Bonchev–Trinajstić information content (AvgIpc) is 2.59. The second kappa shape index (κ2) is 8.53. The van der Waals surface area contributed by atoms with Gasteiger partial charge in [0.1, 0.15) is 0 Å². The van der Waals surface area contributed by atoms with E-state index < -0.39 is 11.9 Å². The SMILES string of the molecule is C=C(C(=O)N1CC(C)CC(C(=O)O)C1)C(C)C(C)(C)CN1CCOCC1. The fourth-order valence-electron chi connectivity index (χ4n) is 4.03. The summed E-state index contributed by atoms with van der Waals surface area (Å²) in [6.07, 6.45) is 0.629. The zero-order valence-corrected chi connectivity index (χ0v) is 16.7. The molecule has 0 aromatic carbocycles.